The highest BCUT2D eigenvalue weighted by molar-refractivity contribution is 5.77. The van der Waals surface area contributed by atoms with Gasteiger partial charge in [0.15, 0.2) is 0 Å². The third kappa shape index (κ3) is 46.1. The maximum Gasteiger partial charge on any atom is 0.306 e. The molecule has 0 aromatic rings. The monoisotopic (exact) mass is 896 g/mol. The molecule has 3 N–H and O–H groups in total. The quantitative estimate of drug-likeness (QED) is 0.0321. The molecule has 0 heterocycles. The molecule has 0 fully saturated rings. The van der Waals surface area contributed by atoms with Crippen molar-refractivity contribution in [3.8, 4) is 0 Å². The summed E-state index contributed by atoms with van der Waals surface area (Å²) in [7, 11) is 0. The van der Waals surface area contributed by atoms with Gasteiger partial charge in [0.25, 0.3) is 0 Å². The van der Waals surface area contributed by atoms with E-state index in [1.807, 2.05) is 0 Å². The molecule has 64 heavy (non-hydrogen) atoms. The maximum absolute atomic E-state index is 13.2. The number of amides is 1. The Labute approximate surface area is 397 Å². The summed E-state index contributed by atoms with van der Waals surface area (Å²) in [5.41, 5.74) is 0. The summed E-state index contributed by atoms with van der Waals surface area (Å²) in [5.74, 6) is -0.498. The van der Waals surface area contributed by atoms with Crippen LogP contribution in [0, 0.1) is 0 Å². The lowest BCUT2D eigenvalue weighted by molar-refractivity contribution is -0.151. The molecule has 6 heteroatoms. The average Bonchev–Trinajstić information content (AvgIpc) is 3.29. The molecule has 0 saturated carbocycles. The minimum atomic E-state index is -0.795. The maximum atomic E-state index is 13.2. The van der Waals surface area contributed by atoms with E-state index in [2.05, 4.69) is 86.8 Å². The lowest BCUT2D eigenvalue weighted by Gasteiger charge is -2.24. The molecule has 0 saturated heterocycles. The molecule has 1 amide bonds. The minimum Gasteiger partial charge on any atom is -0.462 e. The van der Waals surface area contributed by atoms with Crippen LogP contribution in [0.3, 0.4) is 0 Å². The molecule has 0 radical (unpaired) electrons. The molecular weight excluding hydrogens is 791 g/mol. The number of ether oxygens (including phenoxy) is 1. The van der Waals surface area contributed by atoms with Gasteiger partial charge in [-0.15, -0.1) is 0 Å². The number of aliphatic hydroxyl groups excluding tert-OH is 2. The molecule has 0 bridgehead atoms. The zero-order chi connectivity index (χ0) is 46.7. The number of carbonyl (C=O) groups is 2. The Morgan fingerprint density at radius 3 is 1.31 bits per heavy atom. The summed E-state index contributed by atoms with van der Waals surface area (Å²) in [4.78, 5) is 26.2. The van der Waals surface area contributed by atoms with Crippen LogP contribution in [0.25, 0.3) is 0 Å². The third-order valence-corrected chi connectivity index (χ3v) is 12.3. The summed E-state index contributed by atoms with van der Waals surface area (Å²) in [6.45, 7) is 6.36. The van der Waals surface area contributed by atoms with Crippen molar-refractivity contribution in [1.82, 2.24) is 5.32 Å². The van der Waals surface area contributed by atoms with Gasteiger partial charge in [-0.2, -0.15) is 0 Å². The second-order valence-corrected chi connectivity index (χ2v) is 18.6. The number of allylic oxidation sites excluding steroid dienone is 10. The first-order valence-corrected chi connectivity index (χ1v) is 27.5. The van der Waals surface area contributed by atoms with Crippen LogP contribution >= 0.6 is 0 Å². The van der Waals surface area contributed by atoms with E-state index < -0.39 is 18.2 Å². The SMILES string of the molecule is CC/C=C/C/C=C/CCCCCCCC(CC(=O)NC(CO)C(O)CCCCCCCCCCCCCCCC)OC(=O)CCCCCCCC/C=C\C/C=C\C/C=C\CCCCC. The summed E-state index contributed by atoms with van der Waals surface area (Å²) >= 11 is 0. The summed E-state index contributed by atoms with van der Waals surface area (Å²) in [6.07, 6.45) is 64.2. The van der Waals surface area contributed by atoms with Crippen molar-refractivity contribution >= 4 is 11.9 Å². The van der Waals surface area contributed by atoms with Crippen molar-refractivity contribution < 1.29 is 24.5 Å². The molecule has 0 aliphatic rings. The Morgan fingerprint density at radius 1 is 0.469 bits per heavy atom. The van der Waals surface area contributed by atoms with Crippen molar-refractivity contribution in [1.29, 1.82) is 0 Å². The zero-order valence-electron chi connectivity index (χ0n) is 42.4. The van der Waals surface area contributed by atoms with Crippen LogP contribution in [-0.4, -0.2) is 46.9 Å². The van der Waals surface area contributed by atoms with Gasteiger partial charge in [0, 0.05) is 6.42 Å². The molecule has 3 unspecified atom stereocenters. The molecular formula is C58H105NO5. The highest BCUT2D eigenvalue weighted by Crippen LogP contribution is 2.18. The van der Waals surface area contributed by atoms with Crippen LogP contribution in [0.2, 0.25) is 0 Å². The Hall–Kier alpha value is -2.44. The smallest absolute Gasteiger partial charge is 0.306 e. The highest BCUT2D eigenvalue weighted by Gasteiger charge is 2.24. The lowest BCUT2D eigenvalue weighted by Crippen LogP contribution is -2.46. The van der Waals surface area contributed by atoms with E-state index in [0.29, 0.717) is 19.3 Å². The summed E-state index contributed by atoms with van der Waals surface area (Å²) in [5, 5.41) is 23.8. The standard InChI is InChI=1S/C58H105NO5/c1-4-7-10-13-16-19-22-25-27-28-29-30-31-33-36-39-42-45-48-51-58(63)64-54(49-46-43-40-37-34-24-21-18-15-12-9-6-3)52-57(62)59-55(53-60)56(61)50-47-44-41-38-35-32-26-23-20-17-14-11-8-5-2/h9,12,16,18-19,21,25,27,29-30,54-56,60-61H,4-8,10-11,13-15,17,20,22-24,26,28,31-53H2,1-3H3,(H,59,62)/b12-9+,19-16-,21-18+,27-25-,30-29-. The Kier molecular flexibility index (Phi) is 49.6. The van der Waals surface area contributed by atoms with E-state index in [0.717, 1.165) is 96.3 Å². The molecule has 3 atom stereocenters. The van der Waals surface area contributed by atoms with Crippen molar-refractivity contribution in [2.24, 2.45) is 0 Å². The summed E-state index contributed by atoms with van der Waals surface area (Å²) in [6, 6.07) is -0.710. The van der Waals surface area contributed by atoms with Gasteiger partial charge in [-0.25, -0.2) is 0 Å². The first-order valence-electron chi connectivity index (χ1n) is 27.5. The lowest BCUT2D eigenvalue weighted by atomic mass is 10.0. The fourth-order valence-electron chi connectivity index (χ4n) is 8.18. The van der Waals surface area contributed by atoms with Crippen molar-refractivity contribution in [2.45, 2.75) is 289 Å². The topological polar surface area (TPSA) is 95.9 Å². The predicted molar refractivity (Wildman–Crippen MR) is 278 cm³/mol. The minimum absolute atomic E-state index is 0.0619. The van der Waals surface area contributed by atoms with Crippen molar-refractivity contribution in [3.63, 3.8) is 0 Å². The molecule has 0 aliphatic heterocycles. The number of unbranched alkanes of at least 4 members (excludes halogenated alkanes) is 27. The van der Waals surface area contributed by atoms with E-state index in [4.69, 9.17) is 4.74 Å². The molecule has 0 aromatic heterocycles. The Balaban J connectivity index is 4.54. The van der Waals surface area contributed by atoms with E-state index in [9.17, 15) is 19.8 Å². The second-order valence-electron chi connectivity index (χ2n) is 18.6. The van der Waals surface area contributed by atoms with Gasteiger partial charge in [-0.3, -0.25) is 9.59 Å². The van der Waals surface area contributed by atoms with Gasteiger partial charge in [-0.05, 0) is 89.9 Å². The fourth-order valence-corrected chi connectivity index (χ4v) is 8.18. The first kappa shape index (κ1) is 61.6. The normalized spacial score (nSPS) is 13.6. The van der Waals surface area contributed by atoms with Crippen molar-refractivity contribution in [3.05, 3.63) is 60.8 Å². The van der Waals surface area contributed by atoms with E-state index >= 15 is 0 Å². The molecule has 0 spiro atoms. The van der Waals surface area contributed by atoms with Crippen LogP contribution in [-0.2, 0) is 14.3 Å². The van der Waals surface area contributed by atoms with Crippen LogP contribution in [0.4, 0.5) is 0 Å². The van der Waals surface area contributed by atoms with Crippen LogP contribution < -0.4 is 5.32 Å². The van der Waals surface area contributed by atoms with Gasteiger partial charge in [-0.1, -0.05) is 229 Å². The Morgan fingerprint density at radius 2 is 0.844 bits per heavy atom. The molecule has 0 aliphatic carbocycles. The number of esters is 1. The fraction of sp³-hybridized carbons (Fsp3) is 0.793. The number of rotatable bonds is 49. The van der Waals surface area contributed by atoms with E-state index in [1.54, 1.807) is 0 Å². The van der Waals surface area contributed by atoms with Crippen LogP contribution in [0.1, 0.15) is 271 Å². The predicted octanol–water partition coefficient (Wildman–Crippen LogP) is 16.8. The number of hydrogen-bond acceptors (Lipinski definition) is 5. The number of hydrogen-bond donors (Lipinski definition) is 3. The average molecular weight is 896 g/mol. The van der Waals surface area contributed by atoms with Crippen LogP contribution in [0.15, 0.2) is 60.8 Å². The number of aliphatic hydroxyl groups is 2. The number of carbonyl (C=O) groups excluding carboxylic acids is 2. The molecule has 6 nitrogen and oxygen atoms in total. The summed E-state index contributed by atoms with van der Waals surface area (Å²) < 4.78 is 5.94. The van der Waals surface area contributed by atoms with Gasteiger partial charge in [0.05, 0.1) is 25.2 Å². The molecule has 372 valence electrons. The van der Waals surface area contributed by atoms with E-state index in [1.165, 1.54) is 128 Å². The second kappa shape index (κ2) is 51.5. The van der Waals surface area contributed by atoms with Crippen LogP contribution in [0.5, 0.6) is 0 Å². The zero-order valence-corrected chi connectivity index (χ0v) is 42.4. The largest absolute Gasteiger partial charge is 0.462 e. The van der Waals surface area contributed by atoms with Gasteiger partial charge in [0.2, 0.25) is 5.91 Å². The molecule has 0 rings (SSSR count). The van der Waals surface area contributed by atoms with Crippen molar-refractivity contribution in [2.75, 3.05) is 6.61 Å². The number of nitrogens with one attached hydrogen (secondary N) is 1. The van der Waals surface area contributed by atoms with Gasteiger partial charge < -0.3 is 20.3 Å². The Bertz CT molecular complexity index is 1140. The third-order valence-electron chi connectivity index (χ3n) is 12.3. The van der Waals surface area contributed by atoms with E-state index in [-0.39, 0.29) is 24.9 Å². The highest BCUT2D eigenvalue weighted by atomic mass is 16.5. The molecule has 0 aromatic carbocycles. The van der Waals surface area contributed by atoms with Gasteiger partial charge >= 0.3 is 5.97 Å². The van der Waals surface area contributed by atoms with Gasteiger partial charge in [0.1, 0.15) is 6.10 Å². The first-order chi connectivity index (χ1) is 31.5.